The fourth-order valence-corrected chi connectivity index (χ4v) is 8.52. The Hall–Kier alpha value is -6.46. The third-order valence-electron chi connectivity index (χ3n) is 11.3. The molecule has 2 heterocycles. The zero-order valence-electron chi connectivity index (χ0n) is 31.5. The number of allylic oxidation sites excluding steroid dienone is 5. The topological polar surface area (TPSA) is 67.7 Å². The van der Waals surface area contributed by atoms with E-state index in [0.29, 0.717) is 18.2 Å². The second-order valence-electron chi connectivity index (χ2n) is 15.1. The van der Waals surface area contributed by atoms with Crippen molar-refractivity contribution in [2.24, 2.45) is 15.7 Å². The van der Waals surface area contributed by atoms with Crippen molar-refractivity contribution in [1.82, 2.24) is 4.57 Å². The number of fused-ring (bicyclic) bond motifs is 5. The second kappa shape index (κ2) is 14.1. The largest absolute Gasteiger partial charge is 0.383 e. The fraction of sp³-hybridized carbons (Fsp3) is 0.160. The molecule has 3 N–H and O–H groups in total. The summed E-state index contributed by atoms with van der Waals surface area (Å²) in [4.78, 5) is 9.85. The number of nitrogens with zero attached hydrogens (tertiary/aromatic N) is 3. The lowest BCUT2D eigenvalue weighted by Crippen LogP contribution is -2.31. The molecule has 0 bridgehead atoms. The molecule has 5 nitrogen and oxygen atoms in total. The van der Waals surface area contributed by atoms with E-state index in [-0.39, 0.29) is 5.41 Å². The average Bonchev–Trinajstić information content (AvgIpc) is 3.56. The van der Waals surface area contributed by atoms with Gasteiger partial charge in [-0.05, 0) is 83.9 Å². The minimum atomic E-state index is -0.168. The van der Waals surface area contributed by atoms with E-state index in [1.165, 1.54) is 38.7 Å². The van der Waals surface area contributed by atoms with Crippen LogP contribution in [0.5, 0.6) is 0 Å². The molecule has 270 valence electrons. The molecule has 0 fully saturated rings. The van der Waals surface area contributed by atoms with Gasteiger partial charge in [0.1, 0.15) is 5.84 Å². The average molecular weight is 716 g/mol. The van der Waals surface area contributed by atoms with E-state index in [1.54, 1.807) is 0 Å². The Morgan fingerprint density at radius 2 is 1.55 bits per heavy atom. The number of hydrogen-bond acceptors (Lipinski definition) is 2. The van der Waals surface area contributed by atoms with Crippen LogP contribution in [0.15, 0.2) is 173 Å². The summed E-state index contributed by atoms with van der Waals surface area (Å²) < 4.78 is 2.41. The number of hydrogen-bond donors (Lipinski definition) is 2. The maximum atomic E-state index is 6.78. The standard InChI is InChI=1S/C50H45N5/c1-4-39-46-40-25-11-14-28-44(40)55(45(46)31-42-47(39)53-43-27-13-12-26-41(43)50(42,2)3)38-24-16-22-36(30-38)35-21-15-23-37(29-35)48(51)54-49(34-19-9-6-10-20-34)52-32-33-17-7-5-8-18-33/h4,6-7,9-11,14-31,53H,1,5,8,12-13,32H2,2-3H3,(H2,51,52,54). The molecule has 1 aromatic heterocycles. The number of rotatable bonds is 7. The predicted molar refractivity (Wildman–Crippen MR) is 233 cm³/mol. The fourth-order valence-electron chi connectivity index (χ4n) is 8.52. The quantitative estimate of drug-likeness (QED) is 0.128. The number of benzene rings is 5. The van der Waals surface area contributed by atoms with Crippen molar-refractivity contribution < 1.29 is 0 Å². The molecule has 5 aromatic carbocycles. The molecule has 0 amide bonds. The van der Waals surface area contributed by atoms with Gasteiger partial charge in [-0.2, -0.15) is 0 Å². The molecular formula is C50H45N5. The normalized spacial score (nSPS) is 16.5. The van der Waals surface area contributed by atoms with Crippen LogP contribution < -0.4 is 11.1 Å². The summed E-state index contributed by atoms with van der Waals surface area (Å²) in [5.41, 5.74) is 21.4. The van der Waals surface area contributed by atoms with Gasteiger partial charge in [-0.1, -0.05) is 136 Å². The van der Waals surface area contributed by atoms with Crippen LogP contribution in [0.25, 0.3) is 44.7 Å². The molecule has 0 unspecified atom stereocenters. The highest BCUT2D eigenvalue weighted by molar-refractivity contribution is 6.16. The smallest absolute Gasteiger partial charge is 0.157 e. The first-order chi connectivity index (χ1) is 26.9. The van der Waals surface area contributed by atoms with Crippen LogP contribution in [0.1, 0.15) is 61.8 Å². The minimum absolute atomic E-state index is 0.168. The lowest BCUT2D eigenvalue weighted by Gasteiger charge is -2.40. The van der Waals surface area contributed by atoms with Crippen LogP contribution in [0.2, 0.25) is 0 Å². The van der Waals surface area contributed by atoms with Gasteiger partial charge in [0.25, 0.3) is 0 Å². The summed E-state index contributed by atoms with van der Waals surface area (Å²) in [5, 5.41) is 6.26. The third kappa shape index (κ3) is 6.16. The van der Waals surface area contributed by atoms with E-state index in [9.17, 15) is 0 Å². The van der Waals surface area contributed by atoms with Crippen LogP contribution in [0.4, 0.5) is 5.69 Å². The van der Waals surface area contributed by atoms with Gasteiger partial charge in [0.2, 0.25) is 0 Å². The number of amidine groups is 2. The van der Waals surface area contributed by atoms with E-state index in [0.717, 1.165) is 70.4 Å². The Morgan fingerprint density at radius 1 is 0.800 bits per heavy atom. The first-order valence-electron chi connectivity index (χ1n) is 19.3. The van der Waals surface area contributed by atoms with Crippen molar-refractivity contribution >= 4 is 45.2 Å². The van der Waals surface area contributed by atoms with Gasteiger partial charge < -0.3 is 15.6 Å². The molecule has 0 atom stereocenters. The van der Waals surface area contributed by atoms with E-state index < -0.39 is 0 Å². The molecule has 55 heavy (non-hydrogen) atoms. The van der Waals surface area contributed by atoms with Crippen LogP contribution in [0, 0.1) is 0 Å². The van der Waals surface area contributed by atoms with Crippen molar-refractivity contribution in [2.75, 3.05) is 11.9 Å². The Morgan fingerprint density at radius 3 is 2.36 bits per heavy atom. The van der Waals surface area contributed by atoms with Gasteiger partial charge in [-0.15, -0.1) is 0 Å². The van der Waals surface area contributed by atoms with Gasteiger partial charge in [0.15, 0.2) is 5.84 Å². The highest BCUT2D eigenvalue weighted by Crippen LogP contribution is 2.51. The predicted octanol–water partition coefficient (Wildman–Crippen LogP) is 11.8. The molecule has 1 aliphatic heterocycles. The third-order valence-corrected chi connectivity index (χ3v) is 11.3. The first kappa shape index (κ1) is 34.3. The van der Waals surface area contributed by atoms with Gasteiger partial charge >= 0.3 is 0 Å². The van der Waals surface area contributed by atoms with Gasteiger partial charge in [-0.3, -0.25) is 4.99 Å². The molecule has 0 radical (unpaired) electrons. The number of nitrogens with two attached hydrogens (primary N) is 1. The van der Waals surface area contributed by atoms with E-state index in [2.05, 4.69) is 133 Å². The molecule has 0 saturated heterocycles. The van der Waals surface area contributed by atoms with Gasteiger partial charge in [0, 0.05) is 44.3 Å². The summed E-state index contributed by atoms with van der Waals surface area (Å²) in [5.74, 6) is 1.06. The monoisotopic (exact) mass is 715 g/mol. The second-order valence-corrected chi connectivity index (χ2v) is 15.1. The number of para-hydroxylation sites is 1. The number of aliphatic imine (C=N–C) groups is 2. The SMILES string of the molecule is C=Cc1c2c(cc3c1c1ccccc1n3-c1cccc(-c3cccc(C(N)=NC(=NCC4=CCCC=C4)c4ccccc4)c3)c1)C(C)(C)C1=CCCC=C1N2. The van der Waals surface area contributed by atoms with Crippen LogP contribution in [-0.2, 0) is 5.41 Å². The lowest BCUT2D eigenvalue weighted by molar-refractivity contribution is 0.613. The van der Waals surface area contributed by atoms with Crippen LogP contribution >= 0.6 is 0 Å². The van der Waals surface area contributed by atoms with Crippen molar-refractivity contribution in [1.29, 1.82) is 0 Å². The highest BCUT2D eigenvalue weighted by Gasteiger charge is 2.37. The maximum absolute atomic E-state index is 6.78. The molecule has 2 aliphatic carbocycles. The molecule has 0 saturated carbocycles. The summed E-state index contributed by atoms with van der Waals surface area (Å²) >= 11 is 0. The zero-order chi connectivity index (χ0) is 37.5. The highest BCUT2D eigenvalue weighted by atomic mass is 15.0. The van der Waals surface area contributed by atoms with Crippen molar-refractivity contribution in [3.63, 3.8) is 0 Å². The summed E-state index contributed by atoms with van der Waals surface area (Å²) in [6.07, 6.45) is 17.7. The van der Waals surface area contributed by atoms with E-state index in [4.69, 9.17) is 15.7 Å². The Balaban J connectivity index is 1.14. The Bertz CT molecular complexity index is 2690. The summed E-state index contributed by atoms with van der Waals surface area (Å²) in [6.45, 7) is 9.63. The number of nitrogens with one attached hydrogen (secondary N) is 1. The summed E-state index contributed by atoms with van der Waals surface area (Å²) in [7, 11) is 0. The van der Waals surface area contributed by atoms with E-state index >= 15 is 0 Å². The number of anilines is 1. The zero-order valence-corrected chi connectivity index (χ0v) is 31.5. The molecule has 3 aliphatic rings. The minimum Gasteiger partial charge on any atom is -0.383 e. The molecule has 6 aromatic rings. The van der Waals surface area contributed by atoms with Crippen molar-refractivity contribution in [2.45, 2.75) is 44.9 Å². The van der Waals surface area contributed by atoms with Crippen molar-refractivity contribution in [3.05, 3.63) is 185 Å². The van der Waals surface area contributed by atoms with Crippen LogP contribution in [0.3, 0.4) is 0 Å². The summed E-state index contributed by atoms with van der Waals surface area (Å²) in [6, 6.07) is 38.3. The Labute approximate surface area is 323 Å². The lowest BCUT2D eigenvalue weighted by atomic mass is 9.70. The van der Waals surface area contributed by atoms with E-state index in [1.807, 2.05) is 42.5 Å². The maximum Gasteiger partial charge on any atom is 0.157 e. The molecule has 9 rings (SSSR count). The molecule has 0 spiro atoms. The van der Waals surface area contributed by atoms with Gasteiger partial charge in [0.05, 0.1) is 23.3 Å². The van der Waals surface area contributed by atoms with Crippen LogP contribution in [-0.4, -0.2) is 22.8 Å². The Kier molecular flexibility index (Phi) is 8.78. The van der Waals surface area contributed by atoms with Gasteiger partial charge in [-0.25, -0.2) is 4.99 Å². The first-order valence-corrected chi connectivity index (χ1v) is 19.3. The number of aromatic nitrogens is 1. The molecular weight excluding hydrogens is 671 g/mol. The van der Waals surface area contributed by atoms with Crippen molar-refractivity contribution in [3.8, 4) is 16.8 Å². The molecule has 5 heteroatoms.